The van der Waals surface area contributed by atoms with E-state index >= 15 is 0 Å². The molecule has 2 aromatic rings. The van der Waals surface area contributed by atoms with Crippen molar-refractivity contribution in [3.05, 3.63) is 27.7 Å². The van der Waals surface area contributed by atoms with Crippen molar-refractivity contribution in [2.45, 2.75) is 25.8 Å². The molecule has 0 radical (unpaired) electrons. The number of halogens is 3. The maximum Gasteiger partial charge on any atom is 0.434 e. The third kappa shape index (κ3) is 5.04. The Balaban J connectivity index is 0.00000156. The molecule has 10 heteroatoms. The van der Waals surface area contributed by atoms with Gasteiger partial charge in [0, 0.05) is 11.6 Å². The molecule has 3 rings (SSSR count). The van der Waals surface area contributed by atoms with Gasteiger partial charge in [0.2, 0.25) is 5.89 Å². The SMILES string of the molecule is CC(Nc1cc(-c2n[nH]c(=O)o2)cc(N)c1Cl)C1CCNCC1.Cl.Cl. The van der Waals surface area contributed by atoms with Gasteiger partial charge in [0.25, 0.3) is 0 Å². The number of benzene rings is 1. The van der Waals surface area contributed by atoms with Crippen molar-refractivity contribution >= 4 is 47.8 Å². The van der Waals surface area contributed by atoms with Crippen LogP contribution in [0.4, 0.5) is 11.4 Å². The van der Waals surface area contributed by atoms with Gasteiger partial charge in [-0.25, -0.2) is 9.89 Å². The highest BCUT2D eigenvalue weighted by molar-refractivity contribution is 6.35. The maximum absolute atomic E-state index is 11.1. The minimum absolute atomic E-state index is 0. The lowest BCUT2D eigenvalue weighted by atomic mass is 9.91. The number of nitrogens with two attached hydrogens (primary N) is 1. The third-order valence-corrected chi connectivity index (χ3v) is 4.68. The van der Waals surface area contributed by atoms with Crippen LogP contribution in [0.3, 0.4) is 0 Å². The monoisotopic (exact) mass is 409 g/mol. The zero-order valence-corrected chi connectivity index (χ0v) is 16.1. The summed E-state index contributed by atoms with van der Waals surface area (Å²) in [6.07, 6.45) is 2.24. The van der Waals surface area contributed by atoms with E-state index in [0.717, 1.165) is 31.6 Å². The van der Waals surface area contributed by atoms with Crippen LogP contribution >= 0.6 is 36.4 Å². The lowest BCUT2D eigenvalue weighted by molar-refractivity contribution is 0.343. The number of nitrogens with one attached hydrogen (secondary N) is 3. The first-order valence-corrected chi connectivity index (χ1v) is 8.04. The molecular weight excluding hydrogens is 389 g/mol. The Morgan fingerprint density at radius 1 is 1.36 bits per heavy atom. The number of H-pyrrole nitrogens is 1. The average Bonchev–Trinajstić information content (AvgIpc) is 2.99. The summed E-state index contributed by atoms with van der Waals surface area (Å²) in [5.41, 5.74) is 7.71. The molecule has 1 atom stereocenters. The largest absolute Gasteiger partial charge is 0.434 e. The Kier molecular flexibility index (Phi) is 8.08. The van der Waals surface area contributed by atoms with Crippen LogP contribution < -0.4 is 22.1 Å². The molecule has 0 saturated carbocycles. The van der Waals surface area contributed by atoms with E-state index in [0.29, 0.717) is 22.2 Å². The van der Waals surface area contributed by atoms with Gasteiger partial charge in [-0.15, -0.1) is 29.9 Å². The number of rotatable bonds is 4. The Bertz CT molecular complexity index is 743. The number of hydrogen-bond acceptors (Lipinski definition) is 6. The second-order valence-electron chi connectivity index (χ2n) is 5.87. The minimum Gasteiger partial charge on any atom is -0.397 e. The van der Waals surface area contributed by atoms with Crippen LogP contribution in [-0.2, 0) is 0 Å². The molecule has 7 nitrogen and oxygen atoms in total. The zero-order chi connectivity index (χ0) is 16.4. The van der Waals surface area contributed by atoms with Crippen molar-refractivity contribution in [1.29, 1.82) is 0 Å². The molecule has 25 heavy (non-hydrogen) atoms. The lowest BCUT2D eigenvalue weighted by Crippen LogP contribution is -2.36. The standard InChI is InChI=1S/C15H20ClN5O2.2ClH/c1-8(9-2-4-18-5-3-9)19-12-7-10(6-11(17)13(12)16)14-20-21-15(22)23-14;;/h6-9,18-19H,2-5,17H2,1H3,(H,21,22);2*1H. The highest BCUT2D eigenvalue weighted by Gasteiger charge is 2.21. The normalized spacial score (nSPS) is 15.8. The molecule has 1 saturated heterocycles. The zero-order valence-electron chi connectivity index (χ0n) is 13.7. The summed E-state index contributed by atoms with van der Waals surface area (Å²) in [6, 6.07) is 3.70. The van der Waals surface area contributed by atoms with Gasteiger partial charge in [0.05, 0.1) is 16.4 Å². The van der Waals surface area contributed by atoms with E-state index in [-0.39, 0.29) is 36.7 Å². The van der Waals surface area contributed by atoms with Crippen LogP contribution in [0.25, 0.3) is 11.5 Å². The lowest BCUT2D eigenvalue weighted by Gasteiger charge is -2.30. The first-order valence-electron chi connectivity index (χ1n) is 7.66. The number of nitrogens with zero attached hydrogens (tertiary/aromatic N) is 1. The van der Waals surface area contributed by atoms with Crippen molar-refractivity contribution in [2.75, 3.05) is 24.1 Å². The molecule has 140 valence electrons. The van der Waals surface area contributed by atoms with E-state index in [1.807, 2.05) is 0 Å². The maximum atomic E-state index is 11.1. The molecule has 1 aromatic carbocycles. The smallest absolute Gasteiger partial charge is 0.397 e. The highest BCUT2D eigenvalue weighted by atomic mass is 35.5. The molecular formula is C15H22Cl3N5O2. The van der Waals surface area contributed by atoms with E-state index in [4.69, 9.17) is 21.8 Å². The predicted molar refractivity (Wildman–Crippen MR) is 105 cm³/mol. The molecule has 1 aliphatic heterocycles. The van der Waals surface area contributed by atoms with E-state index in [2.05, 4.69) is 27.8 Å². The molecule has 1 unspecified atom stereocenters. The second-order valence-corrected chi connectivity index (χ2v) is 6.24. The Labute approximate surface area is 162 Å². The number of aromatic nitrogens is 2. The summed E-state index contributed by atoms with van der Waals surface area (Å²) >= 11 is 6.32. The molecule has 0 aliphatic carbocycles. The fraction of sp³-hybridized carbons (Fsp3) is 0.467. The first kappa shape index (κ1) is 21.6. The van der Waals surface area contributed by atoms with Crippen molar-refractivity contribution in [1.82, 2.24) is 15.5 Å². The summed E-state index contributed by atoms with van der Waals surface area (Å²) < 4.78 is 4.98. The Morgan fingerprint density at radius 2 is 2.04 bits per heavy atom. The second kappa shape index (κ2) is 9.33. The predicted octanol–water partition coefficient (Wildman–Crippen LogP) is 2.91. The van der Waals surface area contributed by atoms with Crippen LogP contribution in [0.1, 0.15) is 19.8 Å². The quantitative estimate of drug-likeness (QED) is 0.577. The summed E-state index contributed by atoms with van der Waals surface area (Å²) in [6.45, 7) is 4.21. The van der Waals surface area contributed by atoms with Gasteiger partial charge in [-0.1, -0.05) is 11.6 Å². The molecule has 2 heterocycles. The Morgan fingerprint density at radius 3 is 2.64 bits per heavy atom. The summed E-state index contributed by atoms with van der Waals surface area (Å²) in [5.74, 6) is 0.155. The number of aromatic amines is 1. The van der Waals surface area contributed by atoms with Crippen molar-refractivity contribution in [2.24, 2.45) is 5.92 Å². The van der Waals surface area contributed by atoms with Gasteiger partial charge in [0.1, 0.15) is 0 Å². The fourth-order valence-electron chi connectivity index (χ4n) is 2.94. The van der Waals surface area contributed by atoms with E-state index in [1.165, 1.54) is 0 Å². The van der Waals surface area contributed by atoms with Gasteiger partial charge in [0.15, 0.2) is 0 Å². The van der Waals surface area contributed by atoms with E-state index in [9.17, 15) is 4.79 Å². The molecule has 0 amide bonds. The number of piperidine rings is 1. The third-order valence-electron chi connectivity index (χ3n) is 4.26. The molecule has 1 fully saturated rings. The van der Waals surface area contributed by atoms with Gasteiger partial charge < -0.3 is 20.8 Å². The summed E-state index contributed by atoms with van der Waals surface area (Å²) in [7, 11) is 0. The van der Waals surface area contributed by atoms with Crippen molar-refractivity contribution in [3.8, 4) is 11.5 Å². The first-order chi connectivity index (χ1) is 11.0. The van der Waals surface area contributed by atoms with E-state index < -0.39 is 5.76 Å². The Hall–Kier alpha value is -1.41. The molecule has 5 N–H and O–H groups in total. The van der Waals surface area contributed by atoms with Gasteiger partial charge in [-0.05, 0) is 50.9 Å². The fourth-order valence-corrected chi connectivity index (χ4v) is 3.10. The molecule has 1 aliphatic rings. The van der Waals surface area contributed by atoms with E-state index in [1.54, 1.807) is 12.1 Å². The number of anilines is 2. The minimum atomic E-state index is -0.605. The van der Waals surface area contributed by atoms with Crippen LogP contribution in [0.5, 0.6) is 0 Å². The van der Waals surface area contributed by atoms with Crippen molar-refractivity contribution < 1.29 is 4.42 Å². The van der Waals surface area contributed by atoms with Crippen LogP contribution in [0, 0.1) is 5.92 Å². The molecule has 1 aromatic heterocycles. The van der Waals surface area contributed by atoms with Gasteiger partial charge >= 0.3 is 5.76 Å². The van der Waals surface area contributed by atoms with Crippen LogP contribution in [0.2, 0.25) is 5.02 Å². The molecule has 0 spiro atoms. The average molecular weight is 411 g/mol. The number of hydrogen-bond donors (Lipinski definition) is 4. The van der Waals surface area contributed by atoms with Crippen LogP contribution in [-0.4, -0.2) is 29.3 Å². The van der Waals surface area contributed by atoms with Crippen LogP contribution in [0.15, 0.2) is 21.3 Å². The van der Waals surface area contributed by atoms with Crippen molar-refractivity contribution in [3.63, 3.8) is 0 Å². The van der Waals surface area contributed by atoms with Gasteiger partial charge in [-0.3, -0.25) is 0 Å². The number of nitrogen functional groups attached to an aromatic ring is 1. The summed E-state index contributed by atoms with van der Waals surface area (Å²) in [5, 5.41) is 13.3. The topological polar surface area (TPSA) is 109 Å². The summed E-state index contributed by atoms with van der Waals surface area (Å²) in [4.78, 5) is 11.1. The molecule has 0 bridgehead atoms. The highest BCUT2D eigenvalue weighted by Crippen LogP contribution is 2.34. The van der Waals surface area contributed by atoms with Gasteiger partial charge in [-0.2, -0.15) is 0 Å².